The van der Waals surface area contributed by atoms with E-state index in [0.29, 0.717) is 30.0 Å². The van der Waals surface area contributed by atoms with Crippen molar-refractivity contribution < 1.29 is 13.9 Å². The van der Waals surface area contributed by atoms with Gasteiger partial charge in [0.15, 0.2) is 0 Å². The molecule has 3 rings (SSSR count). The lowest BCUT2D eigenvalue weighted by molar-refractivity contribution is -0.128. The van der Waals surface area contributed by atoms with Gasteiger partial charge in [-0.2, -0.15) is 0 Å². The van der Waals surface area contributed by atoms with Crippen molar-refractivity contribution in [1.82, 2.24) is 15.1 Å². The highest BCUT2D eigenvalue weighted by Gasteiger charge is 2.24. The summed E-state index contributed by atoms with van der Waals surface area (Å²) in [5.74, 6) is 1.85. The van der Waals surface area contributed by atoms with Gasteiger partial charge in [-0.1, -0.05) is 32.5 Å². The molecule has 1 fully saturated rings. The molecule has 27 heavy (non-hydrogen) atoms. The number of rotatable bonds is 5. The SMILES string of the molecule is COc1ccc(N2CCN(C(=O)CSc3nnc(C(C)(C)C)o3)CC2)cc1. The second-order valence-corrected chi connectivity index (χ2v) is 8.40. The Bertz CT molecular complexity index is 762. The Morgan fingerprint density at radius 1 is 1.15 bits per heavy atom. The van der Waals surface area contributed by atoms with E-state index in [4.69, 9.17) is 9.15 Å². The normalized spacial score (nSPS) is 15.1. The van der Waals surface area contributed by atoms with Gasteiger partial charge in [-0.15, -0.1) is 10.2 Å². The molecule has 0 bridgehead atoms. The van der Waals surface area contributed by atoms with Crippen LogP contribution in [0, 0.1) is 0 Å². The van der Waals surface area contributed by atoms with Crippen molar-refractivity contribution in [3.8, 4) is 5.75 Å². The van der Waals surface area contributed by atoms with Gasteiger partial charge in [0.1, 0.15) is 5.75 Å². The van der Waals surface area contributed by atoms with Gasteiger partial charge in [-0.3, -0.25) is 4.79 Å². The molecule has 1 aromatic heterocycles. The van der Waals surface area contributed by atoms with Crippen LogP contribution in [0.1, 0.15) is 26.7 Å². The van der Waals surface area contributed by atoms with Crippen molar-refractivity contribution in [2.75, 3.05) is 43.9 Å². The van der Waals surface area contributed by atoms with Crippen LogP contribution in [0.15, 0.2) is 33.9 Å². The number of carbonyl (C=O) groups excluding carboxylic acids is 1. The molecule has 2 heterocycles. The van der Waals surface area contributed by atoms with E-state index in [0.717, 1.165) is 24.5 Å². The first-order valence-corrected chi connectivity index (χ1v) is 9.99. The van der Waals surface area contributed by atoms with Crippen LogP contribution in [-0.2, 0) is 10.2 Å². The van der Waals surface area contributed by atoms with Crippen molar-refractivity contribution in [1.29, 1.82) is 0 Å². The average molecular weight is 391 g/mol. The maximum absolute atomic E-state index is 12.5. The van der Waals surface area contributed by atoms with Gasteiger partial charge in [0, 0.05) is 37.3 Å². The highest BCUT2D eigenvalue weighted by Crippen LogP contribution is 2.25. The fourth-order valence-corrected chi connectivity index (χ4v) is 3.46. The lowest BCUT2D eigenvalue weighted by Crippen LogP contribution is -2.49. The van der Waals surface area contributed by atoms with E-state index in [9.17, 15) is 4.79 Å². The summed E-state index contributed by atoms with van der Waals surface area (Å²) in [5.41, 5.74) is 0.964. The molecule has 146 valence electrons. The Labute approximate surface area is 164 Å². The van der Waals surface area contributed by atoms with Crippen LogP contribution >= 0.6 is 11.8 Å². The molecule has 0 radical (unpaired) electrons. The Morgan fingerprint density at radius 3 is 2.37 bits per heavy atom. The molecule has 0 aliphatic carbocycles. The Morgan fingerprint density at radius 2 is 1.81 bits per heavy atom. The van der Waals surface area contributed by atoms with Gasteiger partial charge in [0.2, 0.25) is 11.8 Å². The average Bonchev–Trinajstić information content (AvgIpc) is 3.16. The van der Waals surface area contributed by atoms with Gasteiger partial charge in [0.05, 0.1) is 12.9 Å². The fraction of sp³-hybridized carbons (Fsp3) is 0.526. The number of aromatic nitrogens is 2. The third-order valence-electron chi connectivity index (χ3n) is 4.44. The smallest absolute Gasteiger partial charge is 0.277 e. The molecule has 0 unspecified atom stereocenters. The maximum atomic E-state index is 12.5. The van der Waals surface area contributed by atoms with Crippen molar-refractivity contribution in [3.63, 3.8) is 0 Å². The third kappa shape index (κ3) is 4.94. The number of piperazine rings is 1. The molecule has 0 N–H and O–H groups in total. The van der Waals surface area contributed by atoms with Crippen LogP contribution < -0.4 is 9.64 Å². The largest absolute Gasteiger partial charge is 0.497 e. The van der Waals surface area contributed by atoms with E-state index >= 15 is 0 Å². The first kappa shape index (κ1) is 19.5. The molecule has 1 amide bonds. The van der Waals surface area contributed by atoms with Gasteiger partial charge in [-0.25, -0.2) is 0 Å². The molecule has 2 aromatic rings. The number of amides is 1. The molecule has 0 saturated carbocycles. The molecular formula is C19H26N4O3S. The lowest BCUT2D eigenvalue weighted by Gasteiger charge is -2.36. The van der Waals surface area contributed by atoms with E-state index < -0.39 is 0 Å². The summed E-state index contributed by atoms with van der Waals surface area (Å²) < 4.78 is 10.8. The zero-order chi connectivity index (χ0) is 19.4. The first-order chi connectivity index (χ1) is 12.9. The number of nitrogens with zero attached hydrogens (tertiary/aromatic N) is 4. The summed E-state index contributed by atoms with van der Waals surface area (Å²) in [4.78, 5) is 16.7. The highest BCUT2D eigenvalue weighted by atomic mass is 32.2. The third-order valence-corrected chi connectivity index (χ3v) is 5.24. The Hall–Kier alpha value is -2.22. The summed E-state index contributed by atoms with van der Waals surface area (Å²) in [6.07, 6.45) is 0. The van der Waals surface area contributed by atoms with Crippen molar-refractivity contribution in [2.45, 2.75) is 31.4 Å². The predicted molar refractivity (Wildman–Crippen MR) is 106 cm³/mol. The molecule has 1 saturated heterocycles. The molecule has 1 aromatic carbocycles. The van der Waals surface area contributed by atoms with Crippen molar-refractivity contribution >= 4 is 23.4 Å². The fourth-order valence-electron chi connectivity index (χ4n) is 2.79. The quantitative estimate of drug-likeness (QED) is 0.727. The second kappa shape index (κ2) is 8.21. The number of anilines is 1. The predicted octanol–water partition coefficient (Wildman–Crippen LogP) is 2.82. The van der Waals surface area contributed by atoms with Crippen LogP contribution in [0.2, 0.25) is 0 Å². The first-order valence-electron chi connectivity index (χ1n) is 9.00. The summed E-state index contributed by atoms with van der Waals surface area (Å²) in [6, 6.07) is 8.02. The number of ether oxygens (including phenoxy) is 1. The minimum Gasteiger partial charge on any atom is -0.497 e. The minimum atomic E-state index is -0.187. The number of benzene rings is 1. The molecule has 0 spiro atoms. The van der Waals surface area contributed by atoms with Crippen LogP contribution in [-0.4, -0.2) is 60.0 Å². The summed E-state index contributed by atoms with van der Waals surface area (Å²) in [7, 11) is 1.66. The second-order valence-electron chi connectivity index (χ2n) is 7.48. The van der Waals surface area contributed by atoms with Crippen LogP contribution in [0.25, 0.3) is 0 Å². The number of thioether (sulfide) groups is 1. The van der Waals surface area contributed by atoms with E-state index in [1.54, 1.807) is 7.11 Å². The van der Waals surface area contributed by atoms with E-state index in [1.807, 2.05) is 37.8 Å². The van der Waals surface area contributed by atoms with Gasteiger partial charge in [0.25, 0.3) is 5.22 Å². The molecule has 1 aliphatic heterocycles. The van der Waals surface area contributed by atoms with Gasteiger partial charge < -0.3 is 19.0 Å². The number of methoxy groups -OCH3 is 1. The van der Waals surface area contributed by atoms with E-state index in [-0.39, 0.29) is 11.3 Å². The van der Waals surface area contributed by atoms with Gasteiger partial charge in [-0.05, 0) is 24.3 Å². The standard InChI is InChI=1S/C19H26N4O3S/c1-19(2,3)17-20-21-18(26-17)27-13-16(24)23-11-9-22(10-12-23)14-5-7-15(25-4)8-6-14/h5-8H,9-13H2,1-4H3. The lowest BCUT2D eigenvalue weighted by atomic mass is 9.97. The molecule has 1 aliphatic rings. The molecule has 7 nitrogen and oxygen atoms in total. The highest BCUT2D eigenvalue weighted by molar-refractivity contribution is 7.99. The summed E-state index contributed by atoms with van der Waals surface area (Å²) in [6.45, 7) is 9.10. The monoisotopic (exact) mass is 390 g/mol. The Kier molecular flexibility index (Phi) is 5.94. The topological polar surface area (TPSA) is 71.7 Å². The molecular weight excluding hydrogens is 364 g/mol. The van der Waals surface area contributed by atoms with Crippen LogP contribution in [0.3, 0.4) is 0 Å². The number of carbonyl (C=O) groups is 1. The van der Waals surface area contributed by atoms with E-state index in [2.05, 4.69) is 27.2 Å². The summed E-state index contributed by atoms with van der Waals surface area (Å²) >= 11 is 1.30. The molecule has 8 heteroatoms. The zero-order valence-electron chi connectivity index (χ0n) is 16.3. The van der Waals surface area contributed by atoms with E-state index in [1.165, 1.54) is 11.8 Å². The maximum Gasteiger partial charge on any atom is 0.277 e. The van der Waals surface area contributed by atoms with Crippen molar-refractivity contribution in [3.05, 3.63) is 30.2 Å². The van der Waals surface area contributed by atoms with Crippen LogP contribution in [0.5, 0.6) is 5.75 Å². The Balaban J connectivity index is 1.47. The zero-order valence-corrected chi connectivity index (χ0v) is 17.1. The minimum absolute atomic E-state index is 0.102. The molecule has 0 atom stereocenters. The van der Waals surface area contributed by atoms with Gasteiger partial charge >= 0.3 is 0 Å². The van der Waals surface area contributed by atoms with Crippen molar-refractivity contribution in [2.24, 2.45) is 0 Å². The number of hydrogen-bond acceptors (Lipinski definition) is 7. The van der Waals surface area contributed by atoms with Crippen LogP contribution in [0.4, 0.5) is 5.69 Å². The number of hydrogen-bond donors (Lipinski definition) is 0. The summed E-state index contributed by atoms with van der Waals surface area (Å²) in [5, 5.41) is 8.53.